The first-order valence-corrected chi connectivity index (χ1v) is 11.1. The number of likely N-dealkylation sites (tertiary alicyclic amines) is 1. The van der Waals surface area contributed by atoms with E-state index in [0.717, 1.165) is 5.56 Å². The van der Waals surface area contributed by atoms with Gasteiger partial charge in [-0.25, -0.2) is 0 Å². The Kier molecular flexibility index (Phi) is 7.01. The van der Waals surface area contributed by atoms with Crippen LogP contribution in [-0.2, 0) is 16.1 Å². The number of rotatable bonds is 8. The Labute approximate surface area is 203 Å². The molecule has 1 aliphatic rings. The normalized spacial score (nSPS) is 16.9. The molecule has 0 saturated carbocycles. The van der Waals surface area contributed by atoms with Gasteiger partial charge in [0.15, 0.2) is 11.5 Å². The molecule has 4 rings (SSSR count). The van der Waals surface area contributed by atoms with Gasteiger partial charge in [0, 0.05) is 24.5 Å². The molecular formula is C27H26N2O6. The van der Waals surface area contributed by atoms with E-state index in [4.69, 9.17) is 14.2 Å². The van der Waals surface area contributed by atoms with Gasteiger partial charge in [-0.3, -0.25) is 14.6 Å². The summed E-state index contributed by atoms with van der Waals surface area (Å²) in [6, 6.07) is 14.7. The van der Waals surface area contributed by atoms with E-state index >= 15 is 0 Å². The highest BCUT2D eigenvalue weighted by atomic mass is 16.5. The van der Waals surface area contributed by atoms with Crippen molar-refractivity contribution in [1.29, 1.82) is 0 Å². The smallest absolute Gasteiger partial charge is 0.295 e. The maximum atomic E-state index is 13.2. The summed E-state index contributed by atoms with van der Waals surface area (Å²) < 4.78 is 16.2. The van der Waals surface area contributed by atoms with Crippen molar-refractivity contribution in [3.05, 3.63) is 89.3 Å². The molecule has 8 nitrogen and oxygen atoms in total. The van der Waals surface area contributed by atoms with Crippen LogP contribution in [-0.4, -0.2) is 47.5 Å². The van der Waals surface area contributed by atoms with Crippen molar-refractivity contribution in [2.45, 2.75) is 19.5 Å². The van der Waals surface area contributed by atoms with Gasteiger partial charge in [-0.2, -0.15) is 0 Å². The number of ketones is 1. The van der Waals surface area contributed by atoms with Crippen molar-refractivity contribution in [3.8, 4) is 17.2 Å². The number of amides is 1. The van der Waals surface area contributed by atoms with Crippen LogP contribution in [0.15, 0.2) is 72.6 Å². The van der Waals surface area contributed by atoms with Crippen LogP contribution < -0.4 is 14.2 Å². The number of carbonyl (C=O) groups is 2. The second kappa shape index (κ2) is 10.3. The van der Waals surface area contributed by atoms with E-state index in [1.165, 1.54) is 19.1 Å². The average Bonchev–Trinajstić information content (AvgIpc) is 3.14. The van der Waals surface area contributed by atoms with Crippen LogP contribution in [0.4, 0.5) is 0 Å². The summed E-state index contributed by atoms with van der Waals surface area (Å²) in [5.41, 5.74) is 1.81. The van der Waals surface area contributed by atoms with Crippen LogP contribution in [0.3, 0.4) is 0 Å². The number of hydrogen-bond acceptors (Lipinski definition) is 7. The molecule has 0 unspecified atom stereocenters. The zero-order chi connectivity index (χ0) is 24.9. The van der Waals surface area contributed by atoms with Crippen molar-refractivity contribution in [2.75, 3.05) is 20.8 Å². The maximum Gasteiger partial charge on any atom is 0.295 e. The molecule has 3 aromatic rings. The first kappa shape index (κ1) is 23.8. The lowest BCUT2D eigenvalue weighted by Crippen LogP contribution is -2.29. The third-order valence-corrected chi connectivity index (χ3v) is 5.81. The van der Waals surface area contributed by atoms with E-state index in [-0.39, 0.29) is 17.9 Å². The number of benzene rings is 2. The number of aliphatic hydroxyl groups excluding tert-OH is 1. The number of methoxy groups -OCH3 is 2. The minimum Gasteiger partial charge on any atom is -0.507 e. The van der Waals surface area contributed by atoms with Gasteiger partial charge in [0.05, 0.1) is 32.4 Å². The number of aliphatic hydroxyl groups is 1. The SMILES string of the molecule is CCOc1ccc([C@H]2C(=C(O)c3ccc(OC)c(OC)c3)C(=O)C(=O)N2Cc2ccncc2)cc1. The molecule has 180 valence electrons. The Morgan fingerprint density at radius 2 is 1.66 bits per heavy atom. The lowest BCUT2D eigenvalue weighted by atomic mass is 9.95. The summed E-state index contributed by atoms with van der Waals surface area (Å²) in [5.74, 6) is -0.207. The van der Waals surface area contributed by atoms with Gasteiger partial charge >= 0.3 is 0 Å². The standard InChI is InChI=1S/C27H26N2O6/c1-4-35-20-8-5-18(6-9-20)24-23(25(30)19-7-10-21(33-2)22(15-19)34-3)26(31)27(32)29(24)16-17-11-13-28-14-12-17/h5-15,24,30H,4,16H2,1-3H3/t24-/m0/s1. The van der Waals surface area contributed by atoms with Crippen molar-refractivity contribution < 1.29 is 28.9 Å². The second-order valence-electron chi connectivity index (χ2n) is 7.85. The van der Waals surface area contributed by atoms with Gasteiger partial charge in [0.25, 0.3) is 11.7 Å². The molecule has 0 aliphatic carbocycles. The second-order valence-corrected chi connectivity index (χ2v) is 7.85. The van der Waals surface area contributed by atoms with Crippen LogP contribution in [0.25, 0.3) is 5.76 Å². The Morgan fingerprint density at radius 3 is 2.29 bits per heavy atom. The van der Waals surface area contributed by atoms with E-state index in [2.05, 4.69) is 4.98 Å². The lowest BCUT2D eigenvalue weighted by molar-refractivity contribution is -0.140. The zero-order valence-electron chi connectivity index (χ0n) is 19.7. The average molecular weight is 475 g/mol. The highest BCUT2D eigenvalue weighted by molar-refractivity contribution is 6.46. The molecule has 0 radical (unpaired) electrons. The van der Waals surface area contributed by atoms with Crippen molar-refractivity contribution in [3.63, 3.8) is 0 Å². The van der Waals surface area contributed by atoms with Crippen molar-refractivity contribution in [1.82, 2.24) is 9.88 Å². The molecule has 1 aromatic heterocycles. The molecule has 1 N–H and O–H groups in total. The number of aromatic nitrogens is 1. The van der Waals surface area contributed by atoms with Crippen LogP contribution in [0, 0.1) is 0 Å². The fourth-order valence-corrected chi connectivity index (χ4v) is 4.13. The number of pyridine rings is 1. The molecule has 0 spiro atoms. The predicted molar refractivity (Wildman–Crippen MR) is 129 cm³/mol. The van der Waals surface area contributed by atoms with Crippen molar-refractivity contribution >= 4 is 17.4 Å². The van der Waals surface area contributed by atoms with E-state index in [0.29, 0.717) is 35.0 Å². The minimum absolute atomic E-state index is 0.000404. The van der Waals surface area contributed by atoms with Crippen LogP contribution in [0.1, 0.15) is 29.7 Å². The molecule has 0 bridgehead atoms. The van der Waals surface area contributed by atoms with Gasteiger partial charge < -0.3 is 24.2 Å². The zero-order valence-corrected chi connectivity index (χ0v) is 19.7. The molecule has 2 aromatic carbocycles. The highest BCUT2D eigenvalue weighted by Crippen LogP contribution is 2.41. The molecular weight excluding hydrogens is 448 g/mol. The number of carbonyl (C=O) groups excluding carboxylic acids is 2. The van der Waals surface area contributed by atoms with Crippen LogP contribution in [0.5, 0.6) is 17.2 Å². The summed E-state index contributed by atoms with van der Waals surface area (Å²) in [7, 11) is 2.99. The van der Waals surface area contributed by atoms with Crippen LogP contribution in [0.2, 0.25) is 0 Å². The summed E-state index contributed by atoms with van der Waals surface area (Å²) in [6.45, 7) is 2.58. The molecule has 2 heterocycles. The van der Waals surface area contributed by atoms with E-state index in [9.17, 15) is 14.7 Å². The van der Waals surface area contributed by atoms with Gasteiger partial charge in [-0.1, -0.05) is 12.1 Å². The Hall–Kier alpha value is -4.33. The van der Waals surface area contributed by atoms with E-state index in [1.807, 2.05) is 6.92 Å². The summed E-state index contributed by atoms with van der Waals surface area (Å²) in [4.78, 5) is 31.9. The topological polar surface area (TPSA) is 98.2 Å². The molecule has 35 heavy (non-hydrogen) atoms. The molecule has 1 aliphatic heterocycles. The Morgan fingerprint density at radius 1 is 0.971 bits per heavy atom. The predicted octanol–water partition coefficient (Wildman–Crippen LogP) is 4.12. The van der Waals surface area contributed by atoms with Crippen LogP contribution >= 0.6 is 0 Å². The summed E-state index contributed by atoms with van der Waals surface area (Å²) in [6.07, 6.45) is 3.25. The van der Waals surface area contributed by atoms with Gasteiger partial charge in [-0.15, -0.1) is 0 Å². The van der Waals surface area contributed by atoms with E-state index < -0.39 is 17.7 Å². The molecule has 1 atom stereocenters. The van der Waals surface area contributed by atoms with E-state index in [1.54, 1.807) is 67.0 Å². The fraction of sp³-hybridized carbons (Fsp3) is 0.222. The molecule has 1 saturated heterocycles. The third kappa shape index (κ3) is 4.68. The first-order valence-electron chi connectivity index (χ1n) is 11.1. The number of nitrogens with zero attached hydrogens (tertiary/aromatic N) is 2. The monoisotopic (exact) mass is 474 g/mol. The number of hydrogen-bond donors (Lipinski definition) is 1. The number of ether oxygens (including phenoxy) is 3. The summed E-state index contributed by atoms with van der Waals surface area (Å²) in [5, 5.41) is 11.3. The van der Waals surface area contributed by atoms with Gasteiger partial charge in [0.2, 0.25) is 0 Å². The molecule has 8 heteroatoms. The third-order valence-electron chi connectivity index (χ3n) is 5.81. The molecule has 1 fully saturated rings. The maximum absolute atomic E-state index is 13.2. The molecule has 1 amide bonds. The first-order chi connectivity index (χ1) is 17.0. The fourth-order valence-electron chi connectivity index (χ4n) is 4.13. The number of Topliss-reactive ketones (excluding diaryl/α,β-unsaturated/α-hetero) is 1. The quantitative estimate of drug-likeness (QED) is 0.298. The summed E-state index contributed by atoms with van der Waals surface area (Å²) >= 11 is 0. The van der Waals surface area contributed by atoms with Gasteiger partial charge in [0.1, 0.15) is 11.5 Å². The van der Waals surface area contributed by atoms with Crippen molar-refractivity contribution in [2.24, 2.45) is 0 Å². The Bertz CT molecular complexity index is 1250. The highest BCUT2D eigenvalue weighted by Gasteiger charge is 2.46. The minimum atomic E-state index is -0.799. The Balaban J connectivity index is 1.84. The largest absolute Gasteiger partial charge is 0.507 e. The van der Waals surface area contributed by atoms with Gasteiger partial charge in [-0.05, 0) is 60.5 Å². The lowest BCUT2D eigenvalue weighted by Gasteiger charge is -2.25.